The number of nitrogens with zero attached hydrogens (tertiary/aromatic N) is 2. The predicted molar refractivity (Wildman–Crippen MR) is 76.6 cm³/mol. The van der Waals surface area contributed by atoms with E-state index in [0.29, 0.717) is 5.92 Å². The topological polar surface area (TPSA) is 29.9 Å². The molecule has 18 heavy (non-hydrogen) atoms. The summed E-state index contributed by atoms with van der Waals surface area (Å²) in [6, 6.07) is 6.00. The quantitative estimate of drug-likeness (QED) is 0.907. The molecule has 0 radical (unpaired) electrons. The van der Waals surface area contributed by atoms with Crippen molar-refractivity contribution >= 4 is 17.5 Å². The number of aromatic nitrogens is 2. The molecular weight excluding hydrogens is 246 g/mol. The molecule has 0 spiro atoms. The van der Waals surface area contributed by atoms with Gasteiger partial charge in [0.25, 0.3) is 0 Å². The molecule has 1 aromatic heterocycles. The normalized spacial score (nSPS) is 10.9. The summed E-state index contributed by atoms with van der Waals surface area (Å²) in [7, 11) is 0. The average Bonchev–Trinajstić information content (AvgIpc) is 2.78. The molecule has 0 saturated carbocycles. The van der Waals surface area contributed by atoms with Crippen LogP contribution >= 0.6 is 11.6 Å². The van der Waals surface area contributed by atoms with Gasteiger partial charge in [-0.3, -0.25) is 4.57 Å². The lowest BCUT2D eigenvalue weighted by atomic mass is 10.2. The Balaban J connectivity index is 2.33. The van der Waals surface area contributed by atoms with E-state index in [-0.39, 0.29) is 0 Å². The number of rotatable bonds is 4. The van der Waals surface area contributed by atoms with Crippen LogP contribution in [-0.2, 0) is 0 Å². The van der Waals surface area contributed by atoms with Crippen LogP contribution in [0.1, 0.15) is 19.4 Å². The Morgan fingerprint density at radius 1 is 1.39 bits per heavy atom. The molecule has 2 rings (SSSR count). The Hall–Kier alpha value is -1.48. The molecular formula is C14H18ClN3. The highest BCUT2D eigenvalue weighted by molar-refractivity contribution is 6.33. The van der Waals surface area contributed by atoms with E-state index in [1.807, 2.05) is 35.9 Å². The Kier molecular flexibility index (Phi) is 3.92. The monoisotopic (exact) mass is 263 g/mol. The lowest BCUT2D eigenvalue weighted by Gasteiger charge is -2.13. The molecule has 1 N–H and O–H groups in total. The van der Waals surface area contributed by atoms with E-state index < -0.39 is 0 Å². The molecule has 4 heteroatoms. The molecule has 0 aliphatic rings. The third kappa shape index (κ3) is 2.67. The second-order valence-corrected chi connectivity index (χ2v) is 5.18. The summed E-state index contributed by atoms with van der Waals surface area (Å²) in [5.74, 6) is 1.40. The summed E-state index contributed by atoms with van der Waals surface area (Å²) in [5.41, 5.74) is 2.03. The molecule has 2 aromatic rings. The zero-order chi connectivity index (χ0) is 13.1. The van der Waals surface area contributed by atoms with Gasteiger partial charge in [-0.15, -0.1) is 0 Å². The summed E-state index contributed by atoms with van der Waals surface area (Å²) in [5, 5.41) is 4.10. The minimum atomic E-state index is 0.572. The molecule has 0 unspecified atom stereocenters. The summed E-state index contributed by atoms with van der Waals surface area (Å²) in [4.78, 5) is 4.33. The second kappa shape index (κ2) is 5.44. The van der Waals surface area contributed by atoms with Crippen molar-refractivity contribution in [2.75, 3.05) is 11.9 Å². The van der Waals surface area contributed by atoms with Crippen LogP contribution in [0.4, 0.5) is 5.95 Å². The van der Waals surface area contributed by atoms with E-state index >= 15 is 0 Å². The Morgan fingerprint density at radius 3 is 2.89 bits per heavy atom. The smallest absolute Gasteiger partial charge is 0.207 e. The van der Waals surface area contributed by atoms with E-state index in [0.717, 1.165) is 28.8 Å². The first-order valence-electron chi connectivity index (χ1n) is 6.12. The van der Waals surface area contributed by atoms with Gasteiger partial charge in [0, 0.05) is 18.9 Å². The van der Waals surface area contributed by atoms with Gasteiger partial charge in [0.15, 0.2) is 0 Å². The first-order valence-corrected chi connectivity index (χ1v) is 6.50. The maximum absolute atomic E-state index is 6.34. The molecule has 0 atom stereocenters. The fourth-order valence-corrected chi connectivity index (χ4v) is 1.96. The summed E-state index contributed by atoms with van der Waals surface area (Å²) >= 11 is 6.34. The van der Waals surface area contributed by atoms with E-state index in [4.69, 9.17) is 11.6 Å². The van der Waals surface area contributed by atoms with Crippen molar-refractivity contribution < 1.29 is 0 Å². The molecule has 0 aliphatic heterocycles. The molecule has 0 saturated heterocycles. The number of nitrogens with one attached hydrogen (secondary N) is 1. The lowest BCUT2D eigenvalue weighted by Crippen LogP contribution is -2.12. The second-order valence-electron chi connectivity index (χ2n) is 4.80. The van der Waals surface area contributed by atoms with Gasteiger partial charge >= 0.3 is 0 Å². The number of halogens is 1. The number of imidazole rings is 1. The molecule has 0 bridgehead atoms. The standard InChI is InChI=1S/C14H18ClN3/c1-10(2)9-17-14-16-7-8-18(14)12-6-4-5-11(3)13(12)15/h4-8,10H,9H2,1-3H3,(H,16,17). The van der Waals surface area contributed by atoms with Crippen LogP contribution in [0.25, 0.3) is 5.69 Å². The molecule has 0 fully saturated rings. The van der Waals surface area contributed by atoms with Crippen LogP contribution in [0.5, 0.6) is 0 Å². The van der Waals surface area contributed by atoms with Crippen molar-refractivity contribution in [3.8, 4) is 5.69 Å². The maximum Gasteiger partial charge on any atom is 0.207 e. The van der Waals surface area contributed by atoms with Crippen LogP contribution in [0.3, 0.4) is 0 Å². The fraction of sp³-hybridized carbons (Fsp3) is 0.357. The maximum atomic E-state index is 6.34. The number of hydrogen-bond acceptors (Lipinski definition) is 2. The molecule has 96 valence electrons. The zero-order valence-electron chi connectivity index (χ0n) is 10.9. The van der Waals surface area contributed by atoms with Crippen molar-refractivity contribution in [3.05, 3.63) is 41.2 Å². The van der Waals surface area contributed by atoms with Crippen molar-refractivity contribution in [3.63, 3.8) is 0 Å². The van der Waals surface area contributed by atoms with Gasteiger partial charge in [0.1, 0.15) is 0 Å². The van der Waals surface area contributed by atoms with E-state index in [1.54, 1.807) is 6.20 Å². The highest BCUT2D eigenvalue weighted by Crippen LogP contribution is 2.26. The van der Waals surface area contributed by atoms with E-state index in [9.17, 15) is 0 Å². The van der Waals surface area contributed by atoms with E-state index in [1.165, 1.54) is 0 Å². The van der Waals surface area contributed by atoms with Crippen molar-refractivity contribution in [2.45, 2.75) is 20.8 Å². The van der Waals surface area contributed by atoms with Crippen LogP contribution in [0, 0.1) is 12.8 Å². The highest BCUT2D eigenvalue weighted by atomic mass is 35.5. The largest absolute Gasteiger partial charge is 0.355 e. The molecule has 0 amide bonds. The van der Waals surface area contributed by atoms with Crippen molar-refractivity contribution in [1.29, 1.82) is 0 Å². The Morgan fingerprint density at radius 2 is 2.17 bits per heavy atom. The summed E-state index contributed by atoms with van der Waals surface area (Å²) in [6.45, 7) is 7.23. The van der Waals surface area contributed by atoms with Crippen molar-refractivity contribution in [2.24, 2.45) is 5.92 Å². The fourth-order valence-electron chi connectivity index (χ4n) is 1.74. The van der Waals surface area contributed by atoms with Crippen LogP contribution in [0.15, 0.2) is 30.6 Å². The number of benzene rings is 1. The predicted octanol–water partition coefficient (Wildman–Crippen LogP) is 3.90. The minimum absolute atomic E-state index is 0.572. The minimum Gasteiger partial charge on any atom is -0.355 e. The SMILES string of the molecule is Cc1cccc(-n2ccnc2NCC(C)C)c1Cl. The van der Waals surface area contributed by atoms with Gasteiger partial charge in [-0.2, -0.15) is 0 Å². The number of aryl methyl sites for hydroxylation is 1. The van der Waals surface area contributed by atoms with Gasteiger partial charge in [0.05, 0.1) is 10.7 Å². The van der Waals surface area contributed by atoms with Gasteiger partial charge in [-0.25, -0.2) is 4.98 Å². The zero-order valence-corrected chi connectivity index (χ0v) is 11.7. The first-order chi connectivity index (χ1) is 8.59. The number of anilines is 1. The lowest BCUT2D eigenvalue weighted by molar-refractivity contribution is 0.683. The average molecular weight is 264 g/mol. The third-order valence-corrected chi connectivity index (χ3v) is 3.23. The molecule has 3 nitrogen and oxygen atoms in total. The Labute approximate surface area is 113 Å². The van der Waals surface area contributed by atoms with Gasteiger partial charge in [0.2, 0.25) is 5.95 Å². The van der Waals surface area contributed by atoms with Crippen LogP contribution in [-0.4, -0.2) is 16.1 Å². The molecule has 0 aliphatic carbocycles. The Bertz CT molecular complexity index is 532. The van der Waals surface area contributed by atoms with Gasteiger partial charge in [-0.05, 0) is 24.5 Å². The van der Waals surface area contributed by atoms with Crippen LogP contribution < -0.4 is 5.32 Å². The molecule has 1 heterocycles. The van der Waals surface area contributed by atoms with Gasteiger partial charge in [-0.1, -0.05) is 37.6 Å². The van der Waals surface area contributed by atoms with E-state index in [2.05, 4.69) is 24.1 Å². The summed E-state index contributed by atoms with van der Waals surface area (Å²) < 4.78 is 1.98. The van der Waals surface area contributed by atoms with Crippen LogP contribution in [0.2, 0.25) is 5.02 Å². The summed E-state index contributed by atoms with van der Waals surface area (Å²) in [6.07, 6.45) is 3.70. The highest BCUT2D eigenvalue weighted by Gasteiger charge is 2.09. The first kappa shape index (κ1) is 13.0. The number of hydrogen-bond donors (Lipinski definition) is 1. The molecule has 1 aromatic carbocycles. The van der Waals surface area contributed by atoms with Gasteiger partial charge < -0.3 is 5.32 Å². The van der Waals surface area contributed by atoms with Crippen molar-refractivity contribution in [1.82, 2.24) is 9.55 Å². The third-order valence-electron chi connectivity index (χ3n) is 2.74.